The maximum absolute atomic E-state index is 12.8. The molecule has 0 atom stereocenters. The van der Waals surface area contributed by atoms with Gasteiger partial charge in [0.1, 0.15) is 5.69 Å². The summed E-state index contributed by atoms with van der Waals surface area (Å²) in [4.78, 5) is 36.1. The number of pyridine rings is 1. The molecule has 0 saturated heterocycles. The van der Waals surface area contributed by atoms with Crippen molar-refractivity contribution in [3.63, 3.8) is 0 Å². The lowest BCUT2D eigenvalue weighted by molar-refractivity contribution is 0.0932. The van der Waals surface area contributed by atoms with E-state index in [1.807, 2.05) is 37.4 Å². The van der Waals surface area contributed by atoms with Gasteiger partial charge in [-0.05, 0) is 30.2 Å². The summed E-state index contributed by atoms with van der Waals surface area (Å²) in [6.07, 6.45) is 5.41. The van der Waals surface area contributed by atoms with Gasteiger partial charge < -0.3 is 15.2 Å². The van der Waals surface area contributed by atoms with Crippen LogP contribution >= 0.6 is 0 Å². The maximum Gasteiger partial charge on any atom is 0.260 e. The second-order valence-electron chi connectivity index (χ2n) is 7.96. The number of Topliss-reactive ketones (excluding diaryl/α,β-unsaturated/α-hetero) is 1. The van der Waals surface area contributed by atoms with Gasteiger partial charge in [-0.2, -0.15) is 19.9 Å². The molecular weight excluding hydrogens is 420 g/mol. The molecule has 10 heteroatoms. The minimum absolute atomic E-state index is 0.0220. The quantitative estimate of drug-likeness (QED) is 0.422. The van der Waals surface area contributed by atoms with Crippen LogP contribution in [0.25, 0.3) is 23.1 Å². The highest BCUT2D eigenvalue weighted by molar-refractivity contribution is 5.99. The van der Waals surface area contributed by atoms with E-state index in [0.717, 1.165) is 18.5 Å². The topological polar surface area (TPSA) is 137 Å². The number of nitrogen functional groups attached to an aromatic ring is 1. The number of hydrogen-bond acceptors (Lipinski definition) is 10. The van der Waals surface area contributed by atoms with Crippen LogP contribution in [-0.4, -0.2) is 42.9 Å². The first-order valence-corrected chi connectivity index (χ1v) is 10.7. The standard InChI is InChI=1S/C23H22N8O2/c1-31(15-9-3-2-4-10-15)23-28-19(27-22(24)29-23)20-26-21(33-30-20)16-11-6-12-25-18(16)17(32)13-14-7-5-8-14/h2-4,6,9-12,14H,5,7-8,13H2,1H3,(H2,24,27,28,29). The van der Waals surface area contributed by atoms with E-state index in [1.54, 1.807) is 23.2 Å². The lowest BCUT2D eigenvalue weighted by Crippen LogP contribution is -2.17. The fourth-order valence-electron chi connectivity index (χ4n) is 3.68. The molecule has 166 valence electrons. The molecular formula is C23H22N8O2. The molecule has 0 unspecified atom stereocenters. The zero-order chi connectivity index (χ0) is 22.8. The van der Waals surface area contributed by atoms with Crippen LogP contribution in [0.4, 0.5) is 17.6 Å². The molecule has 1 aliphatic carbocycles. The first kappa shape index (κ1) is 20.7. The molecule has 1 saturated carbocycles. The molecule has 2 N–H and O–H groups in total. The Labute approximate surface area is 189 Å². The third kappa shape index (κ3) is 4.27. The van der Waals surface area contributed by atoms with Crippen molar-refractivity contribution in [3.8, 4) is 23.1 Å². The first-order valence-electron chi connectivity index (χ1n) is 10.7. The summed E-state index contributed by atoms with van der Waals surface area (Å²) in [5, 5.41) is 4.01. The van der Waals surface area contributed by atoms with E-state index in [1.165, 1.54) is 6.42 Å². The van der Waals surface area contributed by atoms with Crippen LogP contribution in [0.5, 0.6) is 0 Å². The van der Waals surface area contributed by atoms with Gasteiger partial charge in [0.15, 0.2) is 5.78 Å². The van der Waals surface area contributed by atoms with Crippen molar-refractivity contribution < 1.29 is 9.32 Å². The number of rotatable bonds is 7. The van der Waals surface area contributed by atoms with Gasteiger partial charge in [0, 0.05) is 25.4 Å². The Morgan fingerprint density at radius 3 is 2.64 bits per heavy atom. The van der Waals surface area contributed by atoms with Crippen LogP contribution in [0.2, 0.25) is 0 Å². The molecule has 4 aromatic rings. The Bertz CT molecular complexity index is 1290. The number of benzene rings is 1. The van der Waals surface area contributed by atoms with Crippen molar-refractivity contribution in [2.75, 3.05) is 17.7 Å². The fourth-order valence-corrected chi connectivity index (χ4v) is 3.68. The van der Waals surface area contributed by atoms with Crippen molar-refractivity contribution >= 4 is 23.4 Å². The van der Waals surface area contributed by atoms with Crippen molar-refractivity contribution in [1.29, 1.82) is 0 Å². The molecule has 5 rings (SSSR count). The van der Waals surface area contributed by atoms with E-state index in [2.05, 4.69) is 30.1 Å². The van der Waals surface area contributed by atoms with Crippen molar-refractivity contribution in [2.45, 2.75) is 25.7 Å². The van der Waals surface area contributed by atoms with E-state index in [0.29, 0.717) is 29.5 Å². The van der Waals surface area contributed by atoms with Gasteiger partial charge in [-0.25, -0.2) is 0 Å². The molecule has 33 heavy (non-hydrogen) atoms. The molecule has 1 aromatic carbocycles. The summed E-state index contributed by atoms with van der Waals surface area (Å²) in [6.45, 7) is 0. The third-order valence-electron chi connectivity index (χ3n) is 5.71. The highest BCUT2D eigenvalue weighted by Crippen LogP contribution is 2.32. The molecule has 0 spiro atoms. The number of hydrogen-bond donors (Lipinski definition) is 1. The van der Waals surface area contributed by atoms with E-state index < -0.39 is 0 Å². The zero-order valence-electron chi connectivity index (χ0n) is 18.0. The zero-order valence-corrected chi connectivity index (χ0v) is 18.0. The minimum atomic E-state index is -0.0220. The smallest absolute Gasteiger partial charge is 0.260 e. The van der Waals surface area contributed by atoms with Gasteiger partial charge in [0.2, 0.25) is 23.5 Å². The number of carbonyl (C=O) groups excluding carboxylic acids is 1. The Balaban J connectivity index is 1.45. The van der Waals surface area contributed by atoms with Gasteiger partial charge in [-0.3, -0.25) is 9.78 Å². The summed E-state index contributed by atoms with van der Waals surface area (Å²) in [7, 11) is 1.82. The van der Waals surface area contributed by atoms with E-state index in [-0.39, 0.29) is 29.3 Å². The SMILES string of the molecule is CN(c1ccccc1)c1nc(N)nc(-c2noc(-c3cccnc3C(=O)CC3CCC3)n2)n1. The molecule has 0 amide bonds. The average molecular weight is 442 g/mol. The molecule has 1 aliphatic rings. The van der Waals surface area contributed by atoms with Crippen molar-refractivity contribution in [2.24, 2.45) is 5.92 Å². The van der Waals surface area contributed by atoms with Crippen molar-refractivity contribution in [3.05, 3.63) is 54.4 Å². The second-order valence-corrected chi connectivity index (χ2v) is 7.96. The number of ketones is 1. The molecule has 0 radical (unpaired) electrons. The van der Waals surface area contributed by atoms with Gasteiger partial charge in [-0.1, -0.05) is 42.6 Å². The summed E-state index contributed by atoms with van der Waals surface area (Å²) in [6, 6.07) is 13.1. The Morgan fingerprint density at radius 2 is 1.88 bits per heavy atom. The monoisotopic (exact) mass is 442 g/mol. The van der Waals surface area contributed by atoms with Crippen LogP contribution in [-0.2, 0) is 0 Å². The molecule has 10 nitrogen and oxygen atoms in total. The lowest BCUT2D eigenvalue weighted by atomic mass is 9.81. The Kier molecular flexibility index (Phi) is 5.47. The van der Waals surface area contributed by atoms with Crippen LogP contribution in [0.15, 0.2) is 53.2 Å². The number of anilines is 3. The number of para-hydroxylation sites is 1. The minimum Gasteiger partial charge on any atom is -0.368 e. The highest BCUT2D eigenvalue weighted by Gasteiger charge is 2.26. The van der Waals surface area contributed by atoms with Crippen LogP contribution in [0.3, 0.4) is 0 Å². The fraction of sp³-hybridized carbons (Fsp3) is 0.261. The summed E-state index contributed by atoms with van der Waals surface area (Å²) in [5.74, 6) is 1.26. The molecule has 3 aromatic heterocycles. The van der Waals surface area contributed by atoms with Crippen molar-refractivity contribution in [1.82, 2.24) is 30.1 Å². The predicted octanol–water partition coefficient (Wildman–Crippen LogP) is 3.71. The van der Waals surface area contributed by atoms with E-state index in [9.17, 15) is 4.79 Å². The molecule has 1 fully saturated rings. The summed E-state index contributed by atoms with van der Waals surface area (Å²) >= 11 is 0. The number of nitrogens with zero attached hydrogens (tertiary/aromatic N) is 7. The van der Waals surface area contributed by atoms with Gasteiger partial charge in [-0.15, -0.1) is 0 Å². The van der Waals surface area contributed by atoms with Crippen LogP contribution < -0.4 is 10.6 Å². The Hall–Kier alpha value is -4.21. The van der Waals surface area contributed by atoms with Gasteiger partial charge >= 0.3 is 0 Å². The predicted molar refractivity (Wildman–Crippen MR) is 122 cm³/mol. The third-order valence-corrected chi connectivity index (χ3v) is 5.71. The lowest BCUT2D eigenvalue weighted by Gasteiger charge is -2.24. The molecule has 0 bridgehead atoms. The molecule has 3 heterocycles. The largest absolute Gasteiger partial charge is 0.368 e. The summed E-state index contributed by atoms with van der Waals surface area (Å²) in [5.41, 5.74) is 7.63. The van der Waals surface area contributed by atoms with Gasteiger partial charge in [0.25, 0.3) is 5.89 Å². The highest BCUT2D eigenvalue weighted by atomic mass is 16.5. The average Bonchev–Trinajstić information content (AvgIpc) is 3.31. The normalized spacial score (nSPS) is 13.5. The van der Waals surface area contributed by atoms with Crippen LogP contribution in [0.1, 0.15) is 36.2 Å². The maximum atomic E-state index is 12.8. The summed E-state index contributed by atoms with van der Waals surface area (Å²) < 4.78 is 5.46. The van der Waals surface area contributed by atoms with E-state index >= 15 is 0 Å². The number of aromatic nitrogens is 6. The number of carbonyl (C=O) groups is 1. The van der Waals surface area contributed by atoms with E-state index in [4.69, 9.17) is 10.3 Å². The molecule has 0 aliphatic heterocycles. The Morgan fingerprint density at radius 1 is 1.06 bits per heavy atom. The second kappa shape index (κ2) is 8.73. The number of nitrogens with two attached hydrogens (primary N) is 1. The van der Waals surface area contributed by atoms with Crippen LogP contribution in [0, 0.1) is 5.92 Å². The van der Waals surface area contributed by atoms with Gasteiger partial charge in [0.05, 0.1) is 5.56 Å². The first-order chi connectivity index (χ1) is 16.1.